The monoisotopic (exact) mass is 282 g/mol. The first-order valence-electron chi connectivity index (χ1n) is 7.58. The number of carbonyl (C=O) groups is 1. The predicted octanol–water partition coefficient (Wildman–Crippen LogP) is 2.11. The zero-order valence-corrected chi connectivity index (χ0v) is 11.8. The van der Waals surface area contributed by atoms with Crippen molar-refractivity contribution in [3.63, 3.8) is 0 Å². The smallest absolute Gasteiger partial charge is 0.271 e. The summed E-state index contributed by atoms with van der Waals surface area (Å²) in [7, 11) is 0. The molecule has 1 unspecified atom stereocenters. The molecule has 5 heteroatoms. The Morgan fingerprint density at radius 1 is 1.33 bits per heavy atom. The standard InChI is InChI=1S/C16H18N4O/c21-16(13-10-20-9-1-2-14(20)18-13)19-15(11-3-4-11)12-5-7-17-8-6-12/h5-8,10-11,15H,1-4,9H2,(H,19,21). The maximum Gasteiger partial charge on any atom is 0.271 e. The summed E-state index contributed by atoms with van der Waals surface area (Å²) in [5.74, 6) is 1.52. The molecule has 1 atom stereocenters. The molecule has 1 amide bonds. The van der Waals surface area contributed by atoms with Crippen molar-refractivity contribution in [2.45, 2.75) is 38.3 Å². The van der Waals surface area contributed by atoms with Gasteiger partial charge in [-0.1, -0.05) is 0 Å². The van der Waals surface area contributed by atoms with Gasteiger partial charge in [0.05, 0.1) is 6.04 Å². The summed E-state index contributed by atoms with van der Waals surface area (Å²) in [6.45, 7) is 0.978. The SMILES string of the molecule is O=C(NC(c1ccncc1)C1CC1)c1cn2c(n1)CCC2. The summed E-state index contributed by atoms with van der Waals surface area (Å²) in [5.41, 5.74) is 1.68. The zero-order valence-electron chi connectivity index (χ0n) is 11.8. The lowest BCUT2D eigenvalue weighted by Gasteiger charge is -2.17. The number of aromatic nitrogens is 3. The summed E-state index contributed by atoms with van der Waals surface area (Å²) in [4.78, 5) is 21.0. The average molecular weight is 282 g/mol. The van der Waals surface area contributed by atoms with Crippen LogP contribution in [0.3, 0.4) is 0 Å². The van der Waals surface area contributed by atoms with Gasteiger partial charge in [-0.2, -0.15) is 0 Å². The second-order valence-electron chi connectivity index (χ2n) is 5.91. The molecule has 0 bridgehead atoms. The summed E-state index contributed by atoms with van der Waals surface area (Å²) in [5, 5.41) is 3.16. The molecule has 0 aromatic carbocycles. The van der Waals surface area contributed by atoms with E-state index in [1.807, 2.05) is 18.3 Å². The fourth-order valence-electron chi connectivity index (χ4n) is 3.05. The van der Waals surface area contributed by atoms with Crippen LogP contribution in [0.4, 0.5) is 0 Å². The molecule has 1 aliphatic heterocycles. The van der Waals surface area contributed by atoms with E-state index in [0.29, 0.717) is 11.6 Å². The van der Waals surface area contributed by atoms with Crippen LogP contribution in [0.5, 0.6) is 0 Å². The Kier molecular flexibility index (Phi) is 2.98. The van der Waals surface area contributed by atoms with Gasteiger partial charge in [-0.25, -0.2) is 4.98 Å². The fraction of sp³-hybridized carbons (Fsp3) is 0.438. The largest absolute Gasteiger partial charge is 0.344 e. The van der Waals surface area contributed by atoms with Crippen molar-refractivity contribution in [2.75, 3.05) is 0 Å². The van der Waals surface area contributed by atoms with Crippen molar-refractivity contribution in [3.05, 3.63) is 47.8 Å². The summed E-state index contributed by atoms with van der Waals surface area (Å²) in [6.07, 6.45) is 9.90. The Balaban J connectivity index is 1.53. The van der Waals surface area contributed by atoms with Gasteiger partial charge in [0.15, 0.2) is 0 Å². The Morgan fingerprint density at radius 2 is 2.14 bits per heavy atom. The Labute approximate surface area is 123 Å². The number of pyridine rings is 1. The van der Waals surface area contributed by atoms with Crippen molar-refractivity contribution >= 4 is 5.91 Å². The number of nitrogens with zero attached hydrogens (tertiary/aromatic N) is 3. The van der Waals surface area contributed by atoms with Crippen LogP contribution in [-0.4, -0.2) is 20.4 Å². The van der Waals surface area contributed by atoms with Gasteiger partial charge < -0.3 is 9.88 Å². The molecule has 3 heterocycles. The van der Waals surface area contributed by atoms with Crippen LogP contribution < -0.4 is 5.32 Å². The molecule has 4 rings (SSSR count). The normalized spacial score (nSPS) is 18.3. The minimum absolute atomic E-state index is 0.0642. The molecule has 1 N–H and O–H groups in total. The highest BCUT2D eigenvalue weighted by atomic mass is 16.2. The topological polar surface area (TPSA) is 59.8 Å². The van der Waals surface area contributed by atoms with E-state index >= 15 is 0 Å². The molecule has 0 saturated heterocycles. The van der Waals surface area contributed by atoms with E-state index in [0.717, 1.165) is 30.8 Å². The number of hydrogen-bond donors (Lipinski definition) is 1. The summed E-state index contributed by atoms with van der Waals surface area (Å²) < 4.78 is 2.09. The van der Waals surface area contributed by atoms with Crippen molar-refractivity contribution in [1.29, 1.82) is 0 Å². The third kappa shape index (κ3) is 2.44. The molecule has 1 saturated carbocycles. The number of hydrogen-bond acceptors (Lipinski definition) is 3. The lowest BCUT2D eigenvalue weighted by Crippen LogP contribution is -2.30. The highest BCUT2D eigenvalue weighted by Crippen LogP contribution is 2.40. The van der Waals surface area contributed by atoms with E-state index in [1.165, 1.54) is 12.8 Å². The van der Waals surface area contributed by atoms with Crippen LogP contribution in [0.1, 0.15) is 47.2 Å². The number of imidazole rings is 1. The first kappa shape index (κ1) is 12.6. The van der Waals surface area contributed by atoms with E-state index in [1.54, 1.807) is 12.4 Å². The van der Waals surface area contributed by atoms with Crippen molar-refractivity contribution in [3.8, 4) is 0 Å². The third-order valence-electron chi connectivity index (χ3n) is 4.34. The molecule has 5 nitrogen and oxygen atoms in total. The molecule has 21 heavy (non-hydrogen) atoms. The van der Waals surface area contributed by atoms with Crippen LogP contribution in [0, 0.1) is 5.92 Å². The lowest BCUT2D eigenvalue weighted by molar-refractivity contribution is 0.0926. The second-order valence-corrected chi connectivity index (χ2v) is 5.91. The summed E-state index contributed by atoms with van der Waals surface area (Å²) >= 11 is 0. The Bertz CT molecular complexity index is 639. The number of rotatable bonds is 4. The van der Waals surface area contributed by atoms with Crippen LogP contribution >= 0.6 is 0 Å². The number of aryl methyl sites for hydroxylation is 2. The van der Waals surface area contributed by atoms with E-state index in [-0.39, 0.29) is 11.9 Å². The van der Waals surface area contributed by atoms with E-state index in [2.05, 4.69) is 19.9 Å². The Hall–Kier alpha value is -2.17. The van der Waals surface area contributed by atoms with E-state index in [4.69, 9.17) is 0 Å². The molecule has 2 aromatic rings. The number of amides is 1. The highest BCUT2D eigenvalue weighted by Gasteiger charge is 2.34. The van der Waals surface area contributed by atoms with Gasteiger partial charge in [-0.15, -0.1) is 0 Å². The second kappa shape index (κ2) is 4.98. The van der Waals surface area contributed by atoms with Crippen LogP contribution in [0.15, 0.2) is 30.7 Å². The Morgan fingerprint density at radius 3 is 2.86 bits per heavy atom. The zero-order chi connectivity index (χ0) is 14.2. The quantitative estimate of drug-likeness (QED) is 0.934. The third-order valence-corrected chi connectivity index (χ3v) is 4.34. The van der Waals surface area contributed by atoms with Gasteiger partial charge in [0.1, 0.15) is 11.5 Å². The van der Waals surface area contributed by atoms with Crippen LogP contribution in [0.2, 0.25) is 0 Å². The van der Waals surface area contributed by atoms with Gasteiger partial charge in [0.25, 0.3) is 5.91 Å². The average Bonchev–Trinajstić information content (AvgIpc) is 3.11. The molecule has 1 fully saturated rings. The molecule has 1 aliphatic carbocycles. The minimum atomic E-state index is -0.0642. The van der Waals surface area contributed by atoms with Gasteiger partial charge in [-0.05, 0) is 42.9 Å². The van der Waals surface area contributed by atoms with Crippen molar-refractivity contribution in [1.82, 2.24) is 19.9 Å². The fourth-order valence-corrected chi connectivity index (χ4v) is 3.05. The molecule has 0 spiro atoms. The van der Waals surface area contributed by atoms with E-state index in [9.17, 15) is 4.79 Å². The number of carbonyl (C=O) groups excluding carboxylic acids is 1. The van der Waals surface area contributed by atoms with Gasteiger partial charge in [-0.3, -0.25) is 9.78 Å². The number of fused-ring (bicyclic) bond motifs is 1. The van der Waals surface area contributed by atoms with Gasteiger partial charge in [0.2, 0.25) is 0 Å². The lowest BCUT2D eigenvalue weighted by atomic mass is 10.0. The molecular weight excluding hydrogens is 264 g/mol. The van der Waals surface area contributed by atoms with Crippen molar-refractivity contribution in [2.24, 2.45) is 5.92 Å². The van der Waals surface area contributed by atoms with Gasteiger partial charge in [0, 0.05) is 31.6 Å². The van der Waals surface area contributed by atoms with Crippen LogP contribution in [-0.2, 0) is 13.0 Å². The first-order valence-corrected chi connectivity index (χ1v) is 7.58. The molecule has 108 valence electrons. The molecule has 2 aromatic heterocycles. The maximum absolute atomic E-state index is 12.5. The van der Waals surface area contributed by atoms with Crippen LogP contribution in [0.25, 0.3) is 0 Å². The maximum atomic E-state index is 12.5. The minimum Gasteiger partial charge on any atom is -0.344 e. The van der Waals surface area contributed by atoms with E-state index < -0.39 is 0 Å². The first-order chi connectivity index (χ1) is 10.3. The molecular formula is C16H18N4O. The molecule has 0 radical (unpaired) electrons. The molecule has 2 aliphatic rings. The number of nitrogens with one attached hydrogen (secondary N) is 1. The predicted molar refractivity (Wildman–Crippen MR) is 77.7 cm³/mol. The van der Waals surface area contributed by atoms with Crippen molar-refractivity contribution < 1.29 is 4.79 Å². The van der Waals surface area contributed by atoms with Gasteiger partial charge >= 0.3 is 0 Å². The summed E-state index contributed by atoms with van der Waals surface area (Å²) in [6, 6.07) is 4.05. The highest BCUT2D eigenvalue weighted by molar-refractivity contribution is 5.92.